The standard InChI is InChI=1S/C15H32N2O/c1-13-7-6-8-15(9-13,10-16-4)11-17(5)14(2,3)12-18/h13,16,18H,6-12H2,1-5H3. The lowest BCUT2D eigenvalue weighted by atomic mass is 9.69. The molecule has 2 atom stereocenters. The van der Waals surface area contributed by atoms with Crippen LogP contribution in [0.3, 0.4) is 0 Å². The van der Waals surface area contributed by atoms with Gasteiger partial charge in [-0.3, -0.25) is 4.90 Å². The van der Waals surface area contributed by atoms with Crippen molar-refractivity contribution in [3.63, 3.8) is 0 Å². The van der Waals surface area contributed by atoms with Gasteiger partial charge in [-0.2, -0.15) is 0 Å². The number of hydrogen-bond donors (Lipinski definition) is 2. The topological polar surface area (TPSA) is 35.5 Å². The highest BCUT2D eigenvalue weighted by molar-refractivity contribution is 4.92. The Morgan fingerprint density at radius 3 is 2.61 bits per heavy atom. The fourth-order valence-electron chi connectivity index (χ4n) is 3.34. The quantitative estimate of drug-likeness (QED) is 0.764. The van der Waals surface area contributed by atoms with E-state index in [1.54, 1.807) is 0 Å². The first kappa shape index (κ1) is 15.9. The van der Waals surface area contributed by atoms with E-state index in [0.717, 1.165) is 19.0 Å². The summed E-state index contributed by atoms with van der Waals surface area (Å²) < 4.78 is 0. The van der Waals surface area contributed by atoms with Gasteiger partial charge in [-0.25, -0.2) is 0 Å². The Morgan fingerprint density at radius 2 is 2.11 bits per heavy atom. The predicted octanol–water partition coefficient (Wildman–Crippen LogP) is 2.10. The molecule has 1 fully saturated rings. The van der Waals surface area contributed by atoms with E-state index in [9.17, 15) is 5.11 Å². The highest BCUT2D eigenvalue weighted by Crippen LogP contribution is 2.40. The summed E-state index contributed by atoms with van der Waals surface area (Å²) in [7, 11) is 4.20. The summed E-state index contributed by atoms with van der Waals surface area (Å²) in [4.78, 5) is 2.34. The summed E-state index contributed by atoms with van der Waals surface area (Å²) in [5, 5.41) is 12.9. The minimum absolute atomic E-state index is 0.124. The van der Waals surface area contributed by atoms with Crippen LogP contribution in [0.15, 0.2) is 0 Å². The molecule has 0 amide bonds. The maximum atomic E-state index is 9.50. The zero-order chi connectivity index (χ0) is 13.8. The molecule has 0 aromatic heterocycles. The van der Waals surface area contributed by atoms with Crippen LogP contribution in [0.5, 0.6) is 0 Å². The van der Waals surface area contributed by atoms with Crippen molar-refractivity contribution < 1.29 is 5.11 Å². The van der Waals surface area contributed by atoms with Crippen LogP contribution >= 0.6 is 0 Å². The van der Waals surface area contributed by atoms with Crippen molar-refractivity contribution in [3.8, 4) is 0 Å². The lowest BCUT2D eigenvalue weighted by molar-refractivity contribution is 0.0182. The van der Waals surface area contributed by atoms with Gasteiger partial charge in [0.25, 0.3) is 0 Å². The number of aliphatic hydroxyl groups excluding tert-OH is 1. The van der Waals surface area contributed by atoms with E-state index in [2.05, 4.69) is 45.1 Å². The first-order chi connectivity index (χ1) is 8.35. The number of hydrogen-bond acceptors (Lipinski definition) is 3. The van der Waals surface area contributed by atoms with Gasteiger partial charge in [0.15, 0.2) is 0 Å². The molecule has 0 bridgehead atoms. The molecule has 0 radical (unpaired) electrons. The third-order valence-electron chi connectivity index (χ3n) is 4.73. The molecule has 1 aliphatic carbocycles. The zero-order valence-electron chi connectivity index (χ0n) is 12.9. The molecule has 0 heterocycles. The van der Waals surface area contributed by atoms with Crippen molar-refractivity contribution in [3.05, 3.63) is 0 Å². The first-order valence-electron chi connectivity index (χ1n) is 7.32. The average molecular weight is 256 g/mol. The van der Waals surface area contributed by atoms with Gasteiger partial charge >= 0.3 is 0 Å². The van der Waals surface area contributed by atoms with Crippen molar-refractivity contribution in [2.24, 2.45) is 11.3 Å². The second-order valence-electron chi connectivity index (χ2n) is 7.06. The zero-order valence-corrected chi connectivity index (χ0v) is 12.9. The Bertz CT molecular complexity index is 251. The Kier molecular flexibility index (Phi) is 5.63. The average Bonchev–Trinajstić information content (AvgIpc) is 2.29. The molecule has 3 nitrogen and oxygen atoms in total. The number of aliphatic hydroxyl groups is 1. The first-order valence-corrected chi connectivity index (χ1v) is 7.32. The van der Waals surface area contributed by atoms with Crippen molar-refractivity contribution in [2.45, 2.75) is 52.0 Å². The molecule has 0 spiro atoms. The highest BCUT2D eigenvalue weighted by Gasteiger charge is 2.37. The highest BCUT2D eigenvalue weighted by atomic mass is 16.3. The molecule has 0 aliphatic heterocycles. The maximum absolute atomic E-state index is 9.50. The van der Waals surface area contributed by atoms with Crippen molar-refractivity contribution in [1.29, 1.82) is 0 Å². The van der Waals surface area contributed by atoms with E-state index in [-0.39, 0.29) is 12.1 Å². The molecule has 1 rings (SSSR count). The monoisotopic (exact) mass is 256 g/mol. The van der Waals surface area contributed by atoms with Crippen LogP contribution < -0.4 is 5.32 Å². The van der Waals surface area contributed by atoms with Crippen molar-refractivity contribution >= 4 is 0 Å². The van der Waals surface area contributed by atoms with Gasteiger partial charge in [0.05, 0.1) is 6.61 Å². The van der Waals surface area contributed by atoms with Gasteiger partial charge in [-0.05, 0) is 52.1 Å². The molecular weight excluding hydrogens is 224 g/mol. The Hall–Kier alpha value is -0.120. The Morgan fingerprint density at radius 1 is 1.44 bits per heavy atom. The predicted molar refractivity (Wildman–Crippen MR) is 77.8 cm³/mol. The largest absolute Gasteiger partial charge is 0.394 e. The van der Waals surface area contributed by atoms with Crippen LogP contribution in [0.4, 0.5) is 0 Å². The van der Waals surface area contributed by atoms with Crippen LogP contribution in [-0.4, -0.2) is 49.3 Å². The third-order valence-corrected chi connectivity index (χ3v) is 4.73. The molecule has 108 valence electrons. The van der Waals surface area contributed by atoms with Gasteiger partial charge < -0.3 is 10.4 Å². The van der Waals surface area contributed by atoms with Gasteiger partial charge in [0.1, 0.15) is 0 Å². The molecule has 1 aliphatic rings. The van der Waals surface area contributed by atoms with Gasteiger partial charge in [-0.15, -0.1) is 0 Å². The summed E-state index contributed by atoms with van der Waals surface area (Å²) in [5.41, 5.74) is 0.259. The van der Waals surface area contributed by atoms with E-state index in [1.807, 2.05) is 0 Å². The summed E-state index contributed by atoms with van der Waals surface area (Å²) in [6.07, 6.45) is 5.33. The van der Waals surface area contributed by atoms with Gasteiger partial charge in [-0.1, -0.05) is 19.8 Å². The van der Waals surface area contributed by atoms with E-state index in [4.69, 9.17) is 0 Å². The summed E-state index contributed by atoms with van der Waals surface area (Å²) in [6.45, 7) is 8.99. The van der Waals surface area contributed by atoms with Gasteiger partial charge in [0, 0.05) is 18.6 Å². The fraction of sp³-hybridized carbons (Fsp3) is 1.00. The number of rotatable bonds is 6. The Balaban J connectivity index is 2.73. The normalized spacial score (nSPS) is 29.8. The molecule has 1 saturated carbocycles. The second-order valence-corrected chi connectivity index (χ2v) is 7.06. The van der Waals surface area contributed by atoms with Crippen LogP contribution in [0.25, 0.3) is 0 Å². The van der Waals surface area contributed by atoms with Crippen LogP contribution in [0, 0.1) is 11.3 Å². The SMILES string of the molecule is CNCC1(CN(C)C(C)(C)CO)CCCC(C)C1. The molecule has 18 heavy (non-hydrogen) atoms. The molecule has 2 unspecified atom stereocenters. The molecule has 0 aromatic carbocycles. The number of nitrogens with zero attached hydrogens (tertiary/aromatic N) is 1. The minimum Gasteiger partial charge on any atom is -0.394 e. The summed E-state index contributed by atoms with van der Waals surface area (Å²) in [6, 6.07) is 0. The van der Waals surface area contributed by atoms with E-state index >= 15 is 0 Å². The third kappa shape index (κ3) is 3.94. The summed E-state index contributed by atoms with van der Waals surface area (Å²) in [5.74, 6) is 0.831. The summed E-state index contributed by atoms with van der Waals surface area (Å²) >= 11 is 0. The van der Waals surface area contributed by atoms with E-state index < -0.39 is 0 Å². The van der Waals surface area contributed by atoms with Crippen LogP contribution in [-0.2, 0) is 0 Å². The van der Waals surface area contributed by atoms with Crippen LogP contribution in [0.2, 0.25) is 0 Å². The van der Waals surface area contributed by atoms with Crippen molar-refractivity contribution in [2.75, 3.05) is 33.8 Å². The minimum atomic E-state index is -0.124. The smallest absolute Gasteiger partial charge is 0.0609 e. The lowest BCUT2D eigenvalue weighted by Gasteiger charge is -2.46. The molecule has 2 N–H and O–H groups in total. The second kappa shape index (κ2) is 6.36. The van der Waals surface area contributed by atoms with E-state index in [1.165, 1.54) is 25.7 Å². The number of nitrogens with one attached hydrogen (secondary N) is 1. The number of likely N-dealkylation sites (N-methyl/N-ethyl adjacent to an activating group) is 1. The molecule has 3 heteroatoms. The van der Waals surface area contributed by atoms with Crippen molar-refractivity contribution in [1.82, 2.24) is 10.2 Å². The molecular formula is C15H32N2O. The lowest BCUT2D eigenvalue weighted by Crippen LogP contribution is -2.52. The maximum Gasteiger partial charge on any atom is 0.0609 e. The van der Waals surface area contributed by atoms with Crippen LogP contribution in [0.1, 0.15) is 46.5 Å². The fourth-order valence-corrected chi connectivity index (χ4v) is 3.34. The Labute approximate surface area is 113 Å². The molecule has 0 aromatic rings. The molecule has 0 saturated heterocycles. The van der Waals surface area contributed by atoms with E-state index in [0.29, 0.717) is 5.41 Å². The van der Waals surface area contributed by atoms with Gasteiger partial charge in [0.2, 0.25) is 0 Å².